The highest BCUT2D eigenvalue weighted by Crippen LogP contribution is 2.52. The molecule has 3 heterocycles. The van der Waals surface area contributed by atoms with E-state index in [1.165, 1.54) is 19.1 Å². The van der Waals surface area contributed by atoms with Gasteiger partial charge in [-0.3, -0.25) is 14.6 Å². The Labute approximate surface area is 258 Å². The summed E-state index contributed by atoms with van der Waals surface area (Å²) in [4.78, 5) is 62.0. The third-order valence-corrected chi connectivity index (χ3v) is 10.5. The maximum Gasteiger partial charge on any atom is 0.411 e. The van der Waals surface area contributed by atoms with Crippen LogP contribution in [0.1, 0.15) is 24.0 Å². The zero-order valence-electron chi connectivity index (χ0n) is 24.0. The second kappa shape index (κ2) is 15.1. The molecule has 0 N–H and O–H groups in total. The minimum Gasteiger partial charge on any atom is -0.467 e. The van der Waals surface area contributed by atoms with Crippen molar-refractivity contribution in [2.75, 3.05) is 38.8 Å². The Morgan fingerprint density at radius 1 is 0.767 bits per heavy atom. The summed E-state index contributed by atoms with van der Waals surface area (Å²) in [5.41, 5.74) is 1.76. The molecule has 13 heteroatoms. The number of Topliss-reactive ketones (excluding diaryl/α,β-unsaturated/α-hetero) is 1. The van der Waals surface area contributed by atoms with E-state index in [4.69, 9.17) is 14.2 Å². The van der Waals surface area contributed by atoms with E-state index >= 15 is 0 Å². The topological polar surface area (TPSA) is 129 Å². The van der Waals surface area contributed by atoms with Gasteiger partial charge in [-0.15, -0.1) is 23.5 Å². The van der Waals surface area contributed by atoms with Gasteiger partial charge in [-0.25, -0.2) is 19.2 Å². The molecule has 2 atom stereocenters. The molecule has 3 saturated heterocycles. The van der Waals surface area contributed by atoms with Gasteiger partial charge in [-0.1, -0.05) is 60.7 Å². The number of ketones is 1. The predicted molar refractivity (Wildman–Crippen MR) is 160 cm³/mol. The first-order valence-electron chi connectivity index (χ1n) is 13.6. The van der Waals surface area contributed by atoms with Crippen LogP contribution in [0.3, 0.4) is 0 Å². The number of likely N-dealkylation sites (tertiary alicyclic amines) is 2. The van der Waals surface area contributed by atoms with Crippen molar-refractivity contribution >= 4 is 53.4 Å². The number of rotatable bonds is 6. The van der Waals surface area contributed by atoms with E-state index in [0.717, 1.165) is 27.5 Å². The maximum atomic E-state index is 12.5. The molecule has 3 aliphatic heterocycles. The molecule has 1 spiro atoms. The molecule has 2 amide bonds. The second-order valence-electron chi connectivity index (χ2n) is 9.97. The number of hydrogen-bond acceptors (Lipinski definition) is 11. The summed E-state index contributed by atoms with van der Waals surface area (Å²) in [5, 5.41) is 0. The Kier molecular flexibility index (Phi) is 11.3. The molecule has 43 heavy (non-hydrogen) atoms. The van der Waals surface area contributed by atoms with Crippen molar-refractivity contribution in [2.24, 2.45) is 0 Å². The molecule has 0 unspecified atom stereocenters. The van der Waals surface area contributed by atoms with Crippen LogP contribution in [0.2, 0.25) is 0 Å². The summed E-state index contributed by atoms with van der Waals surface area (Å²) < 4.78 is 19.9. The molecule has 2 aromatic carbocycles. The number of ether oxygens (including phenoxy) is 4. The summed E-state index contributed by atoms with van der Waals surface area (Å²) >= 11 is 3.65. The van der Waals surface area contributed by atoms with Crippen LogP contribution >= 0.6 is 23.5 Å². The van der Waals surface area contributed by atoms with E-state index in [1.54, 1.807) is 0 Å². The standard InChI is InChI=1S/C16H19NO4S2.C14H15NO5/c1-20-14(18)13-9-16(22-7-8-23-16)11-17(13)15(19)21-10-12-5-3-2-4-6-12;1-19-13(17)12-7-11(16)8-15(12)14(18)20-9-10-5-3-2-4-6-10/h2-6,13H,7-11H2,1H3;2-6,12H,7-9H2,1H3/t13-;12-/m00/s1. The number of esters is 2. The fourth-order valence-corrected chi connectivity index (χ4v) is 8.17. The van der Waals surface area contributed by atoms with Crippen LogP contribution in [0.5, 0.6) is 0 Å². The van der Waals surface area contributed by atoms with Crippen LogP contribution in [-0.4, -0.2) is 94.7 Å². The molecule has 0 aromatic heterocycles. The van der Waals surface area contributed by atoms with Crippen molar-refractivity contribution in [3.8, 4) is 0 Å². The van der Waals surface area contributed by atoms with Gasteiger partial charge in [0.2, 0.25) is 0 Å². The van der Waals surface area contributed by atoms with Gasteiger partial charge in [-0.05, 0) is 11.1 Å². The van der Waals surface area contributed by atoms with Crippen molar-refractivity contribution in [2.45, 2.75) is 42.2 Å². The fraction of sp³-hybridized carbons (Fsp3) is 0.433. The molecule has 2 aromatic rings. The van der Waals surface area contributed by atoms with Crippen molar-refractivity contribution in [1.29, 1.82) is 0 Å². The third kappa shape index (κ3) is 8.44. The number of methoxy groups -OCH3 is 2. The Hall–Kier alpha value is -3.71. The number of benzene rings is 2. The largest absolute Gasteiger partial charge is 0.467 e. The van der Waals surface area contributed by atoms with Crippen molar-refractivity contribution in [3.05, 3.63) is 71.8 Å². The smallest absolute Gasteiger partial charge is 0.411 e. The fourth-order valence-electron chi connectivity index (χ4n) is 4.92. The highest BCUT2D eigenvalue weighted by Gasteiger charge is 2.52. The van der Waals surface area contributed by atoms with Crippen LogP contribution in [0, 0.1) is 0 Å². The maximum absolute atomic E-state index is 12.5. The van der Waals surface area contributed by atoms with E-state index in [2.05, 4.69) is 4.74 Å². The summed E-state index contributed by atoms with van der Waals surface area (Å²) in [7, 11) is 2.58. The molecule has 5 rings (SSSR count). The first-order chi connectivity index (χ1) is 20.7. The van der Waals surface area contributed by atoms with Crippen molar-refractivity contribution in [3.63, 3.8) is 0 Å². The molecular weight excluding hydrogens is 596 g/mol. The zero-order chi connectivity index (χ0) is 30.8. The number of thioether (sulfide) groups is 2. The monoisotopic (exact) mass is 630 g/mol. The highest BCUT2D eigenvalue weighted by molar-refractivity contribution is 8.21. The van der Waals surface area contributed by atoms with Gasteiger partial charge in [0.15, 0.2) is 5.78 Å². The van der Waals surface area contributed by atoms with Crippen LogP contribution < -0.4 is 0 Å². The number of hydrogen-bond donors (Lipinski definition) is 0. The first kappa shape index (κ1) is 32.2. The van der Waals surface area contributed by atoms with Gasteiger partial charge in [0.1, 0.15) is 25.3 Å². The van der Waals surface area contributed by atoms with E-state index in [-0.39, 0.29) is 42.0 Å². The van der Waals surface area contributed by atoms with Gasteiger partial charge >= 0.3 is 24.1 Å². The Bertz CT molecular complexity index is 1290. The van der Waals surface area contributed by atoms with Crippen molar-refractivity contribution in [1.82, 2.24) is 9.80 Å². The summed E-state index contributed by atoms with van der Waals surface area (Å²) in [6.45, 7) is 0.707. The summed E-state index contributed by atoms with van der Waals surface area (Å²) in [5.74, 6) is 0.938. The normalized spacial score (nSPS) is 20.3. The Morgan fingerprint density at radius 2 is 1.26 bits per heavy atom. The van der Waals surface area contributed by atoms with Crippen LogP contribution in [-0.2, 0) is 46.5 Å². The quantitative estimate of drug-likeness (QED) is 0.341. The van der Waals surface area contributed by atoms with E-state index in [9.17, 15) is 24.0 Å². The third-order valence-electron chi connectivity index (χ3n) is 7.08. The number of carbonyl (C=O) groups is 5. The van der Waals surface area contributed by atoms with E-state index in [1.807, 2.05) is 84.2 Å². The van der Waals surface area contributed by atoms with Gasteiger partial charge < -0.3 is 18.9 Å². The lowest BCUT2D eigenvalue weighted by Crippen LogP contribution is -2.41. The SMILES string of the molecule is COC(=O)[C@@H]1CC(=O)CN1C(=O)OCc1ccccc1.COC(=O)[C@@H]1CC2(CN1C(=O)OCc1ccccc1)SCCS2. The molecule has 230 valence electrons. The van der Waals surface area contributed by atoms with Gasteiger partial charge in [-0.2, -0.15) is 0 Å². The van der Waals surface area contributed by atoms with Crippen LogP contribution in [0.25, 0.3) is 0 Å². The second-order valence-corrected chi connectivity index (χ2v) is 13.2. The molecule has 0 aliphatic carbocycles. The molecular formula is C30H34N2O9S2. The van der Waals surface area contributed by atoms with Crippen LogP contribution in [0.15, 0.2) is 60.7 Å². The number of nitrogens with zero attached hydrogens (tertiary/aromatic N) is 2. The minimum atomic E-state index is -0.879. The van der Waals surface area contributed by atoms with E-state index < -0.39 is 30.2 Å². The zero-order valence-corrected chi connectivity index (χ0v) is 25.6. The highest BCUT2D eigenvalue weighted by atomic mass is 32.2. The summed E-state index contributed by atoms with van der Waals surface area (Å²) in [6.07, 6.45) is -0.535. The lowest BCUT2D eigenvalue weighted by Gasteiger charge is -2.22. The average molecular weight is 631 g/mol. The molecule has 3 fully saturated rings. The Balaban J connectivity index is 0.000000199. The first-order valence-corrected chi connectivity index (χ1v) is 15.6. The molecule has 0 radical (unpaired) electrons. The molecule has 0 saturated carbocycles. The molecule has 11 nitrogen and oxygen atoms in total. The van der Waals surface area contributed by atoms with Crippen molar-refractivity contribution < 1.29 is 42.9 Å². The average Bonchev–Trinajstić information content (AvgIpc) is 3.78. The Morgan fingerprint density at radius 3 is 1.77 bits per heavy atom. The predicted octanol–water partition coefficient (Wildman–Crippen LogP) is 3.89. The number of carbonyl (C=O) groups excluding carboxylic acids is 5. The minimum absolute atomic E-state index is 0.0207. The molecule has 0 bridgehead atoms. The molecule has 3 aliphatic rings. The lowest BCUT2D eigenvalue weighted by atomic mass is 10.2. The number of amides is 2. The summed E-state index contributed by atoms with van der Waals surface area (Å²) in [6, 6.07) is 17.2. The van der Waals surface area contributed by atoms with Gasteiger partial charge in [0.05, 0.1) is 24.8 Å². The van der Waals surface area contributed by atoms with Gasteiger partial charge in [0, 0.05) is 30.9 Å². The lowest BCUT2D eigenvalue weighted by molar-refractivity contribution is -0.146. The van der Waals surface area contributed by atoms with Crippen LogP contribution in [0.4, 0.5) is 9.59 Å². The van der Waals surface area contributed by atoms with Gasteiger partial charge in [0.25, 0.3) is 0 Å². The van der Waals surface area contributed by atoms with E-state index in [0.29, 0.717) is 13.0 Å².